The maximum Gasteiger partial charge on any atom is 0.243 e. The van der Waals surface area contributed by atoms with Gasteiger partial charge in [0.1, 0.15) is 0 Å². The SMILES string of the molecule is CCCc1ccc(S(=O)(=O)N2CCCC(N)C2)cc1. The number of hydrogen-bond acceptors (Lipinski definition) is 3. The predicted octanol–water partition coefficient (Wildman–Crippen LogP) is 1.75. The van der Waals surface area contributed by atoms with Crippen LogP contribution >= 0.6 is 0 Å². The zero-order valence-electron chi connectivity index (χ0n) is 11.4. The van der Waals surface area contributed by atoms with Gasteiger partial charge in [0.15, 0.2) is 0 Å². The molecule has 19 heavy (non-hydrogen) atoms. The zero-order valence-corrected chi connectivity index (χ0v) is 12.2. The van der Waals surface area contributed by atoms with Crippen LogP contribution in [0.4, 0.5) is 0 Å². The maximum absolute atomic E-state index is 12.5. The van der Waals surface area contributed by atoms with Gasteiger partial charge in [-0.2, -0.15) is 4.31 Å². The fourth-order valence-corrected chi connectivity index (χ4v) is 3.99. The lowest BCUT2D eigenvalue weighted by atomic mass is 10.1. The highest BCUT2D eigenvalue weighted by Gasteiger charge is 2.28. The van der Waals surface area contributed by atoms with Crippen molar-refractivity contribution in [2.24, 2.45) is 5.73 Å². The van der Waals surface area contributed by atoms with Crippen LogP contribution in [0, 0.1) is 0 Å². The minimum absolute atomic E-state index is 0.0390. The number of rotatable bonds is 4. The normalized spacial score (nSPS) is 21.5. The molecule has 1 fully saturated rings. The number of piperidine rings is 1. The number of nitrogens with zero attached hydrogens (tertiary/aromatic N) is 1. The summed E-state index contributed by atoms with van der Waals surface area (Å²) in [5, 5.41) is 0. The van der Waals surface area contributed by atoms with E-state index in [0.717, 1.165) is 25.7 Å². The van der Waals surface area contributed by atoms with Crippen molar-refractivity contribution in [3.8, 4) is 0 Å². The molecule has 5 heteroatoms. The van der Waals surface area contributed by atoms with E-state index in [4.69, 9.17) is 5.73 Å². The molecule has 1 unspecified atom stereocenters. The molecule has 1 saturated heterocycles. The molecular weight excluding hydrogens is 260 g/mol. The summed E-state index contributed by atoms with van der Waals surface area (Å²) in [5.74, 6) is 0. The minimum atomic E-state index is -3.37. The highest BCUT2D eigenvalue weighted by atomic mass is 32.2. The molecule has 1 aromatic rings. The third-order valence-electron chi connectivity index (χ3n) is 3.52. The molecule has 0 saturated carbocycles. The van der Waals surface area contributed by atoms with Crippen LogP contribution < -0.4 is 5.73 Å². The van der Waals surface area contributed by atoms with Gasteiger partial charge in [0.2, 0.25) is 10.0 Å². The Labute approximate surface area is 115 Å². The van der Waals surface area contributed by atoms with Crippen LogP contribution in [0.15, 0.2) is 29.2 Å². The van der Waals surface area contributed by atoms with Crippen molar-refractivity contribution in [3.63, 3.8) is 0 Å². The van der Waals surface area contributed by atoms with Gasteiger partial charge < -0.3 is 5.73 Å². The second-order valence-electron chi connectivity index (χ2n) is 5.16. The summed E-state index contributed by atoms with van der Waals surface area (Å²) in [4.78, 5) is 0.376. The highest BCUT2D eigenvalue weighted by molar-refractivity contribution is 7.89. The van der Waals surface area contributed by atoms with E-state index in [1.54, 1.807) is 12.1 Å². The number of hydrogen-bond donors (Lipinski definition) is 1. The Bertz CT molecular complexity index is 511. The Hall–Kier alpha value is -0.910. The van der Waals surface area contributed by atoms with Crippen molar-refractivity contribution in [1.29, 1.82) is 0 Å². The summed E-state index contributed by atoms with van der Waals surface area (Å²) < 4.78 is 26.5. The smallest absolute Gasteiger partial charge is 0.243 e. The van der Waals surface area contributed by atoms with Crippen LogP contribution in [0.1, 0.15) is 31.7 Å². The lowest BCUT2D eigenvalue weighted by molar-refractivity contribution is 0.316. The summed E-state index contributed by atoms with van der Waals surface area (Å²) in [6, 6.07) is 7.18. The molecule has 0 spiro atoms. The molecule has 0 aliphatic carbocycles. The lowest BCUT2D eigenvalue weighted by Crippen LogP contribution is -2.45. The average Bonchev–Trinajstić information content (AvgIpc) is 2.40. The van der Waals surface area contributed by atoms with E-state index in [1.807, 2.05) is 12.1 Å². The minimum Gasteiger partial charge on any atom is -0.327 e. The first kappa shape index (κ1) is 14.5. The predicted molar refractivity (Wildman–Crippen MR) is 76.4 cm³/mol. The zero-order chi connectivity index (χ0) is 13.9. The molecule has 1 atom stereocenters. The van der Waals surface area contributed by atoms with E-state index >= 15 is 0 Å². The molecule has 106 valence electrons. The van der Waals surface area contributed by atoms with Gasteiger partial charge in [-0.15, -0.1) is 0 Å². The van der Waals surface area contributed by atoms with Crippen molar-refractivity contribution in [2.75, 3.05) is 13.1 Å². The molecule has 0 radical (unpaired) electrons. The molecule has 1 aliphatic rings. The van der Waals surface area contributed by atoms with E-state index in [1.165, 1.54) is 9.87 Å². The standard InChI is InChI=1S/C14H22N2O2S/c1-2-4-12-6-8-14(9-7-12)19(17,18)16-10-3-5-13(15)11-16/h6-9,13H,2-5,10-11,15H2,1H3. The van der Waals surface area contributed by atoms with E-state index in [2.05, 4.69) is 6.92 Å². The molecule has 2 rings (SSSR count). The Kier molecular flexibility index (Phi) is 4.60. The Morgan fingerprint density at radius 3 is 2.58 bits per heavy atom. The number of sulfonamides is 1. The van der Waals surface area contributed by atoms with Gasteiger partial charge in [0.25, 0.3) is 0 Å². The van der Waals surface area contributed by atoms with Crippen LogP contribution in [0.5, 0.6) is 0 Å². The van der Waals surface area contributed by atoms with Gasteiger partial charge in [-0.25, -0.2) is 8.42 Å². The van der Waals surface area contributed by atoms with Gasteiger partial charge in [0.05, 0.1) is 4.90 Å². The van der Waals surface area contributed by atoms with Crippen molar-refractivity contribution < 1.29 is 8.42 Å². The first-order chi connectivity index (χ1) is 9.04. The van der Waals surface area contributed by atoms with Crippen molar-refractivity contribution in [3.05, 3.63) is 29.8 Å². The van der Waals surface area contributed by atoms with Gasteiger partial charge in [-0.3, -0.25) is 0 Å². The summed E-state index contributed by atoms with van der Waals surface area (Å²) in [7, 11) is -3.37. The quantitative estimate of drug-likeness (QED) is 0.915. The van der Waals surface area contributed by atoms with Crippen molar-refractivity contribution >= 4 is 10.0 Å². The van der Waals surface area contributed by atoms with Crippen LogP contribution in [-0.2, 0) is 16.4 Å². The van der Waals surface area contributed by atoms with E-state index < -0.39 is 10.0 Å². The molecule has 0 amide bonds. The fourth-order valence-electron chi connectivity index (χ4n) is 2.46. The summed E-state index contributed by atoms with van der Waals surface area (Å²) in [6.45, 7) is 3.12. The molecule has 4 nitrogen and oxygen atoms in total. The number of aryl methyl sites for hydroxylation is 1. The molecular formula is C14H22N2O2S. The first-order valence-electron chi connectivity index (χ1n) is 6.88. The molecule has 1 aliphatic heterocycles. The lowest BCUT2D eigenvalue weighted by Gasteiger charge is -2.29. The van der Waals surface area contributed by atoms with Gasteiger partial charge >= 0.3 is 0 Å². The van der Waals surface area contributed by atoms with E-state index in [9.17, 15) is 8.42 Å². The number of benzene rings is 1. The average molecular weight is 282 g/mol. The Morgan fingerprint density at radius 2 is 2.00 bits per heavy atom. The van der Waals surface area contributed by atoms with E-state index in [-0.39, 0.29) is 6.04 Å². The van der Waals surface area contributed by atoms with Gasteiger partial charge in [-0.1, -0.05) is 25.5 Å². The number of nitrogens with two attached hydrogens (primary N) is 1. The molecule has 0 bridgehead atoms. The fraction of sp³-hybridized carbons (Fsp3) is 0.571. The third-order valence-corrected chi connectivity index (χ3v) is 5.40. The van der Waals surface area contributed by atoms with Crippen LogP contribution in [0.2, 0.25) is 0 Å². The van der Waals surface area contributed by atoms with Crippen molar-refractivity contribution in [1.82, 2.24) is 4.31 Å². The largest absolute Gasteiger partial charge is 0.327 e. The molecule has 1 aromatic carbocycles. The van der Waals surface area contributed by atoms with Crippen molar-refractivity contribution in [2.45, 2.75) is 43.5 Å². The monoisotopic (exact) mass is 282 g/mol. The van der Waals surface area contributed by atoms with Crippen LogP contribution in [0.25, 0.3) is 0 Å². The molecule has 2 N–H and O–H groups in total. The summed E-state index contributed by atoms with van der Waals surface area (Å²) >= 11 is 0. The summed E-state index contributed by atoms with van der Waals surface area (Å²) in [5.41, 5.74) is 7.04. The van der Waals surface area contributed by atoms with Crippen LogP contribution in [-0.4, -0.2) is 31.9 Å². The summed E-state index contributed by atoms with van der Waals surface area (Å²) in [6.07, 6.45) is 3.79. The first-order valence-corrected chi connectivity index (χ1v) is 8.32. The second kappa shape index (κ2) is 6.03. The Morgan fingerprint density at radius 1 is 1.32 bits per heavy atom. The molecule has 1 heterocycles. The third kappa shape index (κ3) is 3.35. The maximum atomic E-state index is 12.5. The second-order valence-corrected chi connectivity index (χ2v) is 7.10. The van der Waals surface area contributed by atoms with Crippen LogP contribution in [0.3, 0.4) is 0 Å². The van der Waals surface area contributed by atoms with E-state index in [0.29, 0.717) is 18.0 Å². The topological polar surface area (TPSA) is 63.4 Å². The van der Waals surface area contributed by atoms with Gasteiger partial charge in [-0.05, 0) is 37.0 Å². The Balaban J connectivity index is 2.18. The highest BCUT2D eigenvalue weighted by Crippen LogP contribution is 2.20. The molecule has 0 aromatic heterocycles. The van der Waals surface area contributed by atoms with Gasteiger partial charge in [0, 0.05) is 19.1 Å².